The third kappa shape index (κ3) is 2.77. The number of carbonyl (C=O) groups is 1. The summed E-state index contributed by atoms with van der Waals surface area (Å²) in [5, 5.41) is 4.18. The molecule has 0 saturated carbocycles. The highest BCUT2D eigenvalue weighted by Crippen LogP contribution is 2.38. The van der Waals surface area contributed by atoms with Crippen molar-refractivity contribution in [3.63, 3.8) is 0 Å². The highest BCUT2D eigenvalue weighted by atomic mass is 35.5. The predicted molar refractivity (Wildman–Crippen MR) is 99.2 cm³/mol. The number of nitrogens with one attached hydrogen (secondary N) is 1. The first-order valence-corrected chi connectivity index (χ1v) is 8.12. The second-order valence-electron chi connectivity index (χ2n) is 5.70. The Morgan fingerprint density at radius 1 is 1.24 bits per heavy atom. The van der Waals surface area contributed by atoms with Crippen LogP contribution in [0.5, 0.6) is 0 Å². The summed E-state index contributed by atoms with van der Waals surface area (Å²) >= 11 is 6.17. The normalized spacial score (nSPS) is 12.7. The number of fused-ring (bicyclic) bond motifs is 2. The van der Waals surface area contributed by atoms with Crippen LogP contribution in [-0.4, -0.2) is 22.4 Å². The average Bonchev–Trinajstić information content (AvgIpc) is 3.04. The van der Waals surface area contributed by atoms with Crippen molar-refractivity contribution >= 4 is 45.6 Å². The van der Waals surface area contributed by atoms with E-state index in [-0.39, 0.29) is 0 Å². The zero-order chi connectivity index (χ0) is 17.4. The Kier molecular flexibility index (Phi) is 3.75. The lowest BCUT2D eigenvalue weighted by Gasteiger charge is -2.20. The summed E-state index contributed by atoms with van der Waals surface area (Å²) in [5.41, 5.74) is 3.68. The molecule has 1 N–H and O–H groups in total. The highest BCUT2D eigenvalue weighted by molar-refractivity contribution is 6.31. The molecule has 3 aromatic rings. The SMILES string of the molecule is C#CC(=O)Nc1ccc2ncnc(N3CCc4ccc(Cl)cc43)c2c1. The molecule has 0 radical (unpaired) electrons. The van der Waals surface area contributed by atoms with Crippen molar-refractivity contribution in [1.82, 2.24) is 9.97 Å². The smallest absolute Gasteiger partial charge is 0.300 e. The van der Waals surface area contributed by atoms with Crippen molar-refractivity contribution in [2.45, 2.75) is 6.42 Å². The van der Waals surface area contributed by atoms with Crippen molar-refractivity contribution in [3.05, 3.63) is 53.3 Å². The van der Waals surface area contributed by atoms with Gasteiger partial charge in [-0.25, -0.2) is 9.97 Å². The van der Waals surface area contributed by atoms with Gasteiger partial charge in [0.1, 0.15) is 12.1 Å². The van der Waals surface area contributed by atoms with Crippen molar-refractivity contribution in [1.29, 1.82) is 0 Å². The minimum atomic E-state index is -0.490. The number of amides is 1. The molecular weight excluding hydrogens is 336 g/mol. The molecule has 2 aromatic carbocycles. The fourth-order valence-electron chi connectivity index (χ4n) is 3.08. The Morgan fingerprint density at radius 2 is 2.12 bits per heavy atom. The third-order valence-electron chi connectivity index (χ3n) is 4.20. The van der Waals surface area contributed by atoms with Crippen molar-refractivity contribution in [2.75, 3.05) is 16.8 Å². The number of halogens is 1. The van der Waals surface area contributed by atoms with Gasteiger partial charge in [0.15, 0.2) is 0 Å². The van der Waals surface area contributed by atoms with Crippen LogP contribution in [0.1, 0.15) is 5.56 Å². The number of aromatic nitrogens is 2. The van der Waals surface area contributed by atoms with Crippen LogP contribution in [0.4, 0.5) is 17.2 Å². The van der Waals surface area contributed by atoms with E-state index in [0.29, 0.717) is 10.7 Å². The molecule has 1 amide bonds. The first-order chi connectivity index (χ1) is 12.2. The second-order valence-corrected chi connectivity index (χ2v) is 6.14. The van der Waals surface area contributed by atoms with E-state index in [2.05, 4.69) is 20.2 Å². The number of terminal acetylenes is 1. The van der Waals surface area contributed by atoms with E-state index in [0.717, 1.165) is 35.4 Å². The lowest BCUT2D eigenvalue weighted by atomic mass is 10.1. The third-order valence-corrected chi connectivity index (χ3v) is 4.44. The predicted octanol–water partition coefficient (Wildman–Crippen LogP) is 3.55. The van der Waals surface area contributed by atoms with Gasteiger partial charge in [0, 0.05) is 28.3 Å². The molecule has 0 bridgehead atoms. The molecule has 1 aromatic heterocycles. The first-order valence-electron chi connectivity index (χ1n) is 7.74. The number of anilines is 3. The van der Waals surface area contributed by atoms with Gasteiger partial charge in [-0.1, -0.05) is 17.7 Å². The van der Waals surface area contributed by atoms with Crippen LogP contribution in [0, 0.1) is 12.3 Å². The van der Waals surface area contributed by atoms with Crippen LogP contribution in [0.15, 0.2) is 42.7 Å². The summed E-state index contributed by atoms with van der Waals surface area (Å²) < 4.78 is 0. The topological polar surface area (TPSA) is 58.1 Å². The maximum absolute atomic E-state index is 11.5. The number of nitrogens with zero attached hydrogens (tertiary/aromatic N) is 3. The molecular formula is C19H13ClN4O. The maximum Gasteiger partial charge on any atom is 0.300 e. The monoisotopic (exact) mass is 348 g/mol. The number of hydrogen-bond acceptors (Lipinski definition) is 4. The summed E-state index contributed by atoms with van der Waals surface area (Å²) in [6, 6.07) is 11.3. The van der Waals surface area contributed by atoms with Crippen LogP contribution < -0.4 is 10.2 Å². The number of rotatable bonds is 2. The summed E-state index contributed by atoms with van der Waals surface area (Å²) in [4.78, 5) is 22.4. The Morgan fingerprint density at radius 3 is 2.96 bits per heavy atom. The molecule has 6 heteroatoms. The van der Waals surface area contributed by atoms with Crippen LogP contribution in [0.25, 0.3) is 10.9 Å². The van der Waals surface area contributed by atoms with Crippen LogP contribution in [0.3, 0.4) is 0 Å². The molecule has 122 valence electrons. The molecule has 5 nitrogen and oxygen atoms in total. The van der Waals surface area contributed by atoms with E-state index >= 15 is 0 Å². The molecule has 2 heterocycles. The minimum absolute atomic E-state index is 0.490. The molecule has 1 aliphatic heterocycles. The first kappa shape index (κ1) is 15.4. The van der Waals surface area contributed by atoms with Gasteiger partial charge in [-0.2, -0.15) is 0 Å². The van der Waals surface area contributed by atoms with Gasteiger partial charge < -0.3 is 10.2 Å². The molecule has 25 heavy (non-hydrogen) atoms. The molecule has 0 unspecified atom stereocenters. The molecule has 0 saturated heterocycles. The van der Waals surface area contributed by atoms with Gasteiger partial charge in [-0.05, 0) is 48.2 Å². The zero-order valence-corrected chi connectivity index (χ0v) is 13.9. The molecule has 0 atom stereocenters. The Balaban J connectivity index is 1.83. The van der Waals surface area contributed by atoms with E-state index in [4.69, 9.17) is 18.0 Å². The molecule has 1 aliphatic rings. The van der Waals surface area contributed by atoms with E-state index in [1.165, 1.54) is 5.56 Å². The molecule has 0 aliphatic carbocycles. The van der Waals surface area contributed by atoms with Crippen LogP contribution >= 0.6 is 11.6 Å². The van der Waals surface area contributed by atoms with Crippen molar-refractivity contribution in [3.8, 4) is 12.3 Å². The average molecular weight is 349 g/mol. The fourth-order valence-corrected chi connectivity index (χ4v) is 3.24. The highest BCUT2D eigenvalue weighted by Gasteiger charge is 2.23. The summed E-state index contributed by atoms with van der Waals surface area (Å²) in [7, 11) is 0. The Labute approximate surface area is 149 Å². The quantitative estimate of drug-likeness (QED) is 0.719. The lowest BCUT2D eigenvalue weighted by molar-refractivity contribution is -0.111. The second kappa shape index (κ2) is 6.08. The summed E-state index contributed by atoms with van der Waals surface area (Å²) in [5.74, 6) is 2.33. The summed E-state index contributed by atoms with van der Waals surface area (Å²) in [6.07, 6.45) is 7.59. The Hall–Kier alpha value is -3.10. The van der Waals surface area contributed by atoms with E-state index in [1.807, 2.05) is 36.3 Å². The van der Waals surface area contributed by atoms with Crippen molar-refractivity contribution in [2.24, 2.45) is 0 Å². The fraction of sp³-hybridized carbons (Fsp3) is 0.105. The van der Waals surface area contributed by atoms with E-state index in [9.17, 15) is 4.79 Å². The van der Waals surface area contributed by atoms with Gasteiger partial charge >= 0.3 is 0 Å². The van der Waals surface area contributed by atoms with Gasteiger partial charge in [-0.15, -0.1) is 6.42 Å². The van der Waals surface area contributed by atoms with Gasteiger partial charge in [0.05, 0.1) is 5.52 Å². The van der Waals surface area contributed by atoms with Crippen LogP contribution in [0.2, 0.25) is 5.02 Å². The standard InChI is InChI=1S/C19H13ClN4O/c1-2-18(25)23-14-5-6-16-15(10-14)19(22-11-21-16)24-8-7-12-3-4-13(20)9-17(12)24/h1,3-6,9-11H,7-8H2,(H,23,25). The van der Waals surface area contributed by atoms with Crippen LogP contribution in [-0.2, 0) is 11.2 Å². The maximum atomic E-state index is 11.5. The Bertz CT molecular complexity index is 1040. The van der Waals surface area contributed by atoms with E-state index in [1.54, 1.807) is 12.4 Å². The molecule has 4 rings (SSSR count). The number of carbonyl (C=O) groups excluding carboxylic acids is 1. The van der Waals surface area contributed by atoms with Crippen molar-refractivity contribution < 1.29 is 4.79 Å². The largest absolute Gasteiger partial charge is 0.325 e. The lowest BCUT2D eigenvalue weighted by Crippen LogP contribution is -2.15. The minimum Gasteiger partial charge on any atom is -0.325 e. The van der Waals surface area contributed by atoms with Gasteiger partial charge in [-0.3, -0.25) is 4.79 Å². The molecule has 0 fully saturated rings. The van der Waals surface area contributed by atoms with E-state index < -0.39 is 5.91 Å². The van der Waals surface area contributed by atoms with Gasteiger partial charge in [0.25, 0.3) is 5.91 Å². The number of hydrogen-bond donors (Lipinski definition) is 1. The van der Waals surface area contributed by atoms with Gasteiger partial charge in [0.2, 0.25) is 0 Å². The zero-order valence-electron chi connectivity index (χ0n) is 13.2. The summed E-state index contributed by atoms with van der Waals surface area (Å²) in [6.45, 7) is 0.808. The number of benzene rings is 2. The molecule has 0 spiro atoms.